The summed E-state index contributed by atoms with van der Waals surface area (Å²) >= 11 is 0. The van der Waals surface area contributed by atoms with Crippen LogP contribution >= 0.6 is 0 Å². The summed E-state index contributed by atoms with van der Waals surface area (Å²) in [6.45, 7) is 1.12. The van der Waals surface area contributed by atoms with E-state index in [0.717, 1.165) is 17.5 Å². The molecule has 1 aliphatic heterocycles. The molecule has 1 saturated heterocycles. The van der Waals surface area contributed by atoms with Crippen LogP contribution in [0.25, 0.3) is 11.1 Å². The number of aliphatic carboxylic acids is 1. The summed E-state index contributed by atoms with van der Waals surface area (Å²) in [7, 11) is 0. The first-order chi connectivity index (χ1) is 17.0. The molecule has 2 N–H and O–H groups in total. The van der Waals surface area contributed by atoms with Crippen LogP contribution in [0, 0.1) is 11.8 Å². The second kappa shape index (κ2) is 10.1. The number of fused-ring (bicyclic) bond motifs is 3. The number of benzene rings is 2. The topological polar surface area (TPSA) is 105 Å². The number of carbonyl (C=O) groups is 3. The van der Waals surface area contributed by atoms with E-state index in [2.05, 4.69) is 29.6 Å². The zero-order valence-corrected chi connectivity index (χ0v) is 19.5. The van der Waals surface area contributed by atoms with Crippen LogP contribution in [0.5, 0.6) is 0 Å². The molecule has 0 aromatic heterocycles. The van der Waals surface area contributed by atoms with Gasteiger partial charge in [-0.3, -0.25) is 9.59 Å². The molecule has 1 heterocycles. The van der Waals surface area contributed by atoms with Crippen LogP contribution in [0.2, 0.25) is 0 Å². The molecule has 35 heavy (non-hydrogen) atoms. The summed E-state index contributed by atoms with van der Waals surface area (Å²) in [5, 5.41) is 12.3. The van der Waals surface area contributed by atoms with Gasteiger partial charge in [-0.25, -0.2) is 4.79 Å². The lowest BCUT2D eigenvalue weighted by atomic mass is 9.98. The first kappa shape index (κ1) is 23.4. The Morgan fingerprint density at radius 3 is 2.40 bits per heavy atom. The Morgan fingerprint density at radius 2 is 1.71 bits per heavy atom. The van der Waals surface area contributed by atoms with Crippen molar-refractivity contribution in [2.45, 2.75) is 31.2 Å². The molecule has 1 unspecified atom stereocenters. The second-order valence-electron chi connectivity index (χ2n) is 9.51. The van der Waals surface area contributed by atoms with Crippen molar-refractivity contribution in [2.24, 2.45) is 11.8 Å². The van der Waals surface area contributed by atoms with Crippen molar-refractivity contribution < 1.29 is 29.0 Å². The van der Waals surface area contributed by atoms with Gasteiger partial charge >= 0.3 is 12.1 Å². The fourth-order valence-electron chi connectivity index (χ4n) is 5.61. The Balaban J connectivity index is 1.21. The first-order valence-corrected chi connectivity index (χ1v) is 12.2. The maximum Gasteiger partial charge on any atom is 0.407 e. The van der Waals surface area contributed by atoms with Gasteiger partial charge in [0.05, 0.1) is 25.0 Å². The number of carboxylic acids is 1. The van der Waals surface area contributed by atoms with E-state index in [1.165, 1.54) is 11.1 Å². The summed E-state index contributed by atoms with van der Waals surface area (Å²) in [5.74, 6) is -2.24. The highest BCUT2D eigenvalue weighted by Crippen LogP contribution is 2.44. The van der Waals surface area contributed by atoms with Gasteiger partial charge in [0.1, 0.15) is 6.61 Å². The first-order valence-electron chi connectivity index (χ1n) is 12.2. The fourth-order valence-corrected chi connectivity index (χ4v) is 5.61. The molecule has 8 nitrogen and oxygen atoms in total. The number of hydrogen-bond donors (Lipinski definition) is 2. The van der Waals surface area contributed by atoms with Gasteiger partial charge in [0.2, 0.25) is 5.91 Å². The Labute approximate surface area is 204 Å². The van der Waals surface area contributed by atoms with Gasteiger partial charge < -0.3 is 24.8 Å². The molecule has 0 spiro atoms. The summed E-state index contributed by atoms with van der Waals surface area (Å²) in [6.07, 6.45) is 1.63. The van der Waals surface area contributed by atoms with Gasteiger partial charge in [-0.1, -0.05) is 55.0 Å². The van der Waals surface area contributed by atoms with E-state index in [9.17, 15) is 19.5 Å². The summed E-state index contributed by atoms with van der Waals surface area (Å²) in [6, 6.07) is 16.0. The number of ether oxygens (including phenoxy) is 2. The summed E-state index contributed by atoms with van der Waals surface area (Å²) in [5.41, 5.74) is 4.62. The second-order valence-corrected chi connectivity index (χ2v) is 9.51. The quantitative estimate of drug-likeness (QED) is 0.684. The number of nitrogens with one attached hydrogen (secondary N) is 1. The number of carbonyl (C=O) groups excluding carboxylic acids is 2. The molecule has 0 bridgehead atoms. The molecule has 8 heteroatoms. The number of nitrogens with zero attached hydrogens (tertiary/aromatic N) is 1. The average molecular weight is 479 g/mol. The molecule has 2 amide bonds. The van der Waals surface area contributed by atoms with Crippen molar-refractivity contribution in [3.05, 3.63) is 59.7 Å². The number of hydrogen-bond acceptors (Lipinski definition) is 5. The molecule has 184 valence electrons. The lowest BCUT2D eigenvalue weighted by Crippen LogP contribution is -2.47. The molecule has 2 aromatic rings. The van der Waals surface area contributed by atoms with E-state index in [1.54, 1.807) is 4.90 Å². The van der Waals surface area contributed by atoms with Crippen molar-refractivity contribution in [1.29, 1.82) is 0 Å². The standard InChI is InChI=1S/C27H30N2O6/c30-25(29-12-13-34-15-17(14-29)26(31)32)22-10-5-11-24(22)28-27(33)35-16-23-20-8-3-1-6-18(20)19-7-2-4-9-21(19)23/h1-4,6-9,17,22-24H,5,10-16H2,(H,28,33)(H,31,32)/t17?,22-,24+/m0/s1. The van der Waals surface area contributed by atoms with E-state index in [1.807, 2.05) is 24.3 Å². The van der Waals surface area contributed by atoms with E-state index in [4.69, 9.17) is 9.47 Å². The summed E-state index contributed by atoms with van der Waals surface area (Å²) < 4.78 is 11.0. The van der Waals surface area contributed by atoms with Crippen molar-refractivity contribution in [3.8, 4) is 11.1 Å². The average Bonchev–Trinajstić information content (AvgIpc) is 3.35. The maximum absolute atomic E-state index is 13.2. The van der Waals surface area contributed by atoms with Crippen molar-refractivity contribution in [3.63, 3.8) is 0 Å². The molecule has 2 aromatic carbocycles. The van der Waals surface area contributed by atoms with Crippen molar-refractivity contribution in [2.75, 3.05) is 32.9 Å². The summed E-state index contributed by atoms with van der Waals surface area (Å²) in [4.78, 5) is 39.0. The van der Waals surface area contributed by atoms with Crippen LogP contribution in [0.1, 0.15) is 36.3 Å². The van der Waals surface area contributed by atoms with Crippen LogP contribution in [0.15, 0.2) is 48.5 Å². The lowest BCUT2D eigenvalue weighted by Gasteiger charge is -2.28. The van der Waals surface area contributed by atoms with E-state index in [0.29, 0.717) is 26.0 Å². The molecular formula is C27H30N2O6. The molecule has 3 aliphatic rings. The third-order valence-electron chi connectivity index (χ3n) is 7.41. The van der Waals surface area contributed by atoms with Gasteiger partial charge in [-0.05, 0) is 35.1 Å². The lowest BCUT2D eigenvalue weighted by molar-refractivity contribution is -0.144. The van der Waals surface area contributed by atoms with Crippen molar-refractivity contribution in [1.82, 2.24) is 10.2 Å². The van der Waals surface area contributed by atoms with Crippen LogP contribution in [-0.2, 0) is 19.1 Å². The van der Waals surface area contributed by atoms with Gasteiger partial charge in [0.15, 0.2) is 0 Å². The third-order valence-corrected chi connectivity index (χ3v) is 7.41. The van der Waals surface area contributed by atoms with Gasteiger partial charge in [-0.2, -0.15) is 0 Å². The fraction of sp³-hybridized carbons (Fsp3) is 0.444. The van der Waals surface area contributed by atoms with Gasteiger partial charge in [0, 0.05) is 25.0 Å². The Bertz CT molecular complexity index is 1070. The zero-order valence-electron chi connectivity index (χ0n) is 19.5. The molecule has 1 saturated carbocycles. The highest BCUT2D eigenvalue weighted by molar-refractivity contribution is 5.82. The SMILES string of the molecule is O=C(N[C@@H]1CCC[C@@H]1C(=O)N1CCOCC(C(=O)O)C1)OCC1c2ccccc2-c2ccccc21. The number of amides is 2. The smallest absolute Gasteiger partial charge is 0.407 e. The Kier molecular flexibility index (Phi) is 6.72. The number of alkyl carbamates (subject to hydrolysis) is 1. The minimum absolute atomic E-state index is 0.0285. The third kappa shape index (κ3) is 4.75. The van der Waals surface area contributed by atoms with Crippen molar-refractivity contribution >= 4 is 18.0 Å². The highest BCUT2D eigenvalue weighted by atomic mass is 16.5. The van der Waals surface area contributed by atoms with Crippen LogP contribution < -0.4 is 5.32 Å². The van der Waals surface area contributed by atoms with E-state index in [-0.39, 0.29) is 43.5 Å². The molecule has 5 rings (SSSR count). The monoisotopic (exact) mass is 478 g/mol. The van der Waals surface area contributed by atoms with Gasteiger partial charge in [0.25, 0.3) is 0 Å². The Hall–Kier alpha value is -3.39. The van der Waals surface area contributed by atoms with Crippen LogP contribution in [0.3, 0.4) is 0 Å². The predicted molar refractivity (Wildman–Crippen MR) is 128 cm³/mol. The van der Waals surface area contributed by atoms with Gasteiger partial charge in [-0.15, -0.1) is 0 Å². The molecular weight excluding hydrogens is 448 g/mol. The molecule has 3 atom stereocenters. The highest BCUT2D eigenvalue weighted by Gasteiger charge is 2.39. The maximum atomic E-state index is 13.2. The predicted octanol–water partition coefficient (Wildman–Crippen LogP) is 3.25. The van der Waals surface area contributed by atoms with Crippen LogP contribution in [-0.4, -0.2) is 66.9 Å². The number of rotatable bonds is 5. The molecule has 2 fully saturated rings. The van der Waals surface area contributed by atoms with E-state index >= 15 is 0 Å². The number of carboxylic acid groups (broad SMARTS) is 1. The molecule has 2 aliphatic carbocycles. The van der Waals surface area contributed by atoms with Crippen LogP contribution in [0.4, 0.5) is 4.79 Å². The normalized spacial score (nSPS) is 23.8. The minimum atomic E-state index is -0.968. The van der Waals surface area contributed by atoms with E-state index < -0.39 is 18.0 Å². The zero-order chi connectivity index (χ0) is 24.4. The largest absolute Gasteiger partial charge is 0.481 e. The Morgan fingerprint density at radius 1 is 1.03 bits per heavy atom. The minimum Gasteiger partial charge on any atom is -0.481 e. The molecule has 0 radical (unpaired) electrons.